The quantitative estimate of drug-likeness (QED) is 0.516. The number of hydrogen-bond donors (Lipinski definition) is 0. The molecule has 2 rings (SSSR count). The third kappa shape index (κ3) is 0.895. The molecule has 1 aliphatic heterocycles. The van der Waals surface area contributed by atoms with Crippen LogP contribution in [0.25, 0.3) is 0 Å². The lowest BCUT2D eigenvalue weighted by Crippen LogP contribution is -2.31. The van der Waals surface area contributed by atoms with Gasteiger partial charge in [0.15, 0.2) is 0 Å². The fourth-order valence-corrected chi connectivity index (χ4v) is 2.25. The standard InChI is InChI=1S/C7H12N2O/c10-8-9-4-6-1-2-7(3-6)5-9/h6-7H,1-5H2/t6-,7+. The number of piperidine rings is 1. The first-order valence-electron chi connectivity index (χ1n) is 3.96. The zero-order valence-electron chi connectivity index (χ0n) is 5.99. The largest absolute Gasteiger partial charge is 0.260 e. The Kier molecular flexibility index (Phi) is 1.36. The van der Waals surface area contributed by atoms with Crippen molar-refractivity contribution in [1.82, 2.24) is 5.01 Å². The lowest BCUT2D eigenvalue weighted by molar-refractivity contribution is 0.172. The highest BCUT2D eigenvalue weighted by atomic mass is 16.3. The van der Waals surface area contributed by atoms with Crippen LogP contribution in [0, 0.1) is 16.7 Å². The summed E-state index contributed by atoms with van der Waals surface area (Å²) in [7, 11) is 0. The molecule has 2 atom stereocenters. The van der Waals surface area contributed by atoms with Gasteiger partial charge in [0.2, 0.25) is 0 Å². The first-order chi connectivity index (χ1) is 4.88. The molecule has 2 fully saturated rings. The van der Waals surface area contributed by atoms with Crippen LogP contribution < -0.4 is 0 Å². The van der Waals surface area contributed by atoms with Crippen LogP contribution >= 0.6 is 0 Å². The van der Waals surface area contributed by atoms with Crippen LogP contribution in [-0.4, -0.2) is 18.1 Å². The van der Waals surface area contributed by atoms with Gasteiger partial charge < -0.3 is 0 Å². The molecule has 0 amide bonds. The minimum Gasteiger partial charge on any atom is -0.260 e. The molecule has 0 aromatic carbocycles. The number of fused-ring (bicyclic) bond motifs is 2. The van der Waals surface area contributed by atoms with E-state index in [9.17, 15) is 4.91 Å². The van der Waals surface area contributed by atoms with E-state index in [-0.39, 0.29) is 0 Å². The second kappa shape index (κ2) is 2.22. The smallest absolute Gasteiger partial charge is 0.0524 e. The Bertz CT molecular complexity index is 137. The molecule has 0 aromatic rings. The molecule has 0 N–H and O–H groups in total. The number of hydrogen-bond acceptors (Lipinski definition) is 2. The van der Waals surface area contributed by atoms with Gasteiger partial charge in [-0.05, 0) is 31.1 Å². The van der Waals surface area contributed by atoms with Crippen molar-refractivity contribution < 1.29 is 0 Å². The highest BCUT2D eigenvalue weighted by Gasteiger charge is 2.32. The summed E-state index contributed by atoms with van der Waals surface area (Å²) in [6, 6.07) is 0. The van der Waals surface area contributed by atoms with Crippen LogP contribution in [-0.2, 0) is 0 Å². The van der Waals surface area contributed by atoms with Crippen LogP contribution in [0.3, 0.4) is 0 Å². The number of nitroso groups, excluding NO2 is 1. The van der Waals surface area contributed by atoms with Crippen molar-refractivity contribution >= 4 is 0 Å². The Labute approximate surface area is 60.3 Å². The van der Waals surface area contributed by atoms with Crippen LogP contribution in [0.2, 0.25) is 0 Å². The third-order valence-corrected chi connectivity index (χ3v) is 2.70. The summed E-state index contributed by atoms with van der Waals surface area (Å²) in [5.74, 6) is 1.55. The van der Waals surface area contributed by atoms with E-state index < -0.39 is 0 Å². The van der Waals surface area contributed by atoms with E-state index in [4.69, 9.17) is 0 Å². The van der Waals surface area contributed by atoms with E-state index in [0.717, 1.165) is 24.9 Å². The van der Waals surface area contributed by atoms with Crippen LogP contribution in [0.5, 0.6) is 0 Å². The summed E-state index contributed by atoms with van der Waals surface area (Å²) < 4.78 is 0. The zero-order chi connectivity index (χ0) is 6.97. The predicted octanol–water partition coefficient (Wildman–Crippen LogP) is 1.40. The SMILES string of the molecule is O=NN1C[C@@H]2CC[C@@H](C2)C1. The second-order valence-corrected chi connectivity index (χ2v) is 3.50. The summed E-state index contributed by atoms with van der Waals surface area (Å²) in [6.07, 6.45) is 3.97. The van der Waals surface area contributed by atoms with Gasteiger partial charge in [0.05, 0.1) is 5.29 Å². The normalized spacial score (nSPS) is 38.2. The van der Waals surface area contributed by atoms with Gasteiger partial charge in [0, 0.05) is 13.1 Å². The van der Waals surface area contributed by atoms with Crippen molar-refractivity contribution in [3.63, 3.8) is 0 Å². The highest BCUT2D eigenvalue weighted by molar-refractivity contribution is 4.83. The van der Waals surface area contributed by atoms with E-state index in [1.807, 2.05) is 0 Å². The molecule has 0 radical (unpaired) electrons. The Balaban J connectivity index is 2.02. The Hall–Kier alpha value is -0.600. The molecule has 2 aliphatic rings. The summed E-state index contributed by atoms with van der Waals surface area (Å²) in [5, 5.41) is 4.66. The van der Waals surface area contributed by atoms with Crippen molar-refractivity contribution in [3.05, 3.63) is 4.91 Å². The Morgan fingerprint density at radius 2 is 1.80 bits per heavy atom. The van der Waals surface area contributed by atoms with Crippen molar-refractivity contribution in [1.29, 1.82) is 0 Å². The molecule has 1 aliphatic carbocycles. The van der Waals surface area contributed by atoms with E-state index in [1.54, 1.807) is 5.01 Å². The van der Waals surface area contributed by atoms with Crippen molar-refractivity contribution in [2.24, 2.45) is 17.1 Å². The molecule has 10 heavy (non-hydrogen) atoms. The molecule has 3 heteroatoms. The maximum atomic E-state index is 10.2. The molecule has 3 nitrogen and oxygen atoms in total. The van der Waals surface area contributed by atoms with E-state index in [1.165, 1.54) is 19.3 Å². The molecule has 0 unspecified atom stereocenters. The first kappa shape index (κ1) is 6.13. The Morgan fingerprint density at radius 3 is 2.30 bits per heavy atom. The van der Waals surface area contributed by atoms with Gasteiger partial charge in [0.1, 0.15) is 0 Å². The lowest BCUT2D eigenvalue weighted by Gasteiger charge is -2.26. The first-order valence-corrected chi connectivity index (χ1v) is 3.96. The maximum Gasteiger partial charge on any atom is 0.0524 e. The lowest BCUT2D eigenvalue weighted by atomic mass is 10.0. The zero-order valence-corrected chi connectivity index (χ0v) is 5.99. The topological polar surface area (TPSA) is 32.7 Å². The molecular formula is C7H12N2O. The average Bonchev–Trinajstić information content (AvgIpc) is 2.30. The molecular weight excluding hydrogens is 128 g/mol. The van der Waals surface area contributed by atoms with Gasteiger partial charge in [-0.1, -0.05) is 0 Å². The van der Waals surface area contributed by atoms with Crippen molar-refractivity contribution in [2.75, 3.05) is 13.1 Å². The van der Waals surface area contributed by atoms with Gasteiger partial charge in [-0.3, -0.25) is 5.01 Å². The summed E-state index contributed by atoms with van der Waals surface area (Å²) >= 11 is 0. The van der Waals surface area contributed by atoms with Gasteiger partial charge >= 0.3 is 0 Å². The molecule has 56 valence electrons. The van der Waals surface area contributed by atoms with Gasteiger partial charge in [0.25, 0.3) is 0 Å². The summed E-state index contributed by atoms with van der Waals surface area (Å²) in [4.78, 5) is 10.2. The van der Waals surface area contributed by atoms with E-state index >= 15 is 0 Å². The molecule has 2 bridgehead atoms. The van der Waals surface area contributed by atoms with Gasteiger partial charge in [-0.15, -0.1) is 4.91 Å². The minimum atomic E-state index is 0.774. The van der Waals surface area contributed by atoms with Crippen molar-refractivity contribution in [3.8, 4) is 0 Å². The van der Waals surface area contributed by atoms with Crippen molar-refractivity contribution in [2.45, 2.75) is 19.3 Å². The fraction of sp³-hybridized carbons (Fsp3) is 1.00. The monoisotopic (exact) mass is 140 g/mol. The van der Waals surface area contributed by atoms with Crippen LogP contribution in [0.15, 0.2) is 5.29 Å². The molecule has 0 spiro atoms. The maximum absolute atomic E-state index is 10.2. The fourth-order valence-electron chi connectivity index (χ4n) is 2.25. The molecule has 0 aromatic heterocycles. The molecule has 1 saturated carbocycles. The number of nitrogens with zero attached hydrogens (tertiary/aromatic N) is 2. The third-order valence-electron chi connectivity index (χ3n) is 2.70. The Morgan fingerprint density at radius 1 is 1.20 bits per heavy atom. The van der Waals surface area contributed by atoms with E-state index in [2.05, 4.69) is 5.29 Å². The van der Waals surface area contributed by atoms with Crippen LogP contribution in [0.1, 0.15) is 19.3 Å². The molecule has 1 saturated heterocycles. The van der Waals surface area contributed by atoms with Gasteiger partial charge in [-0.25, -0.2) is 0 Å². The summed E-state index contributed by atoms with van der Waals surface area (Å²) in [6.45, 7) is 1.83. The van der Waals surface area contributed by atoms with Crippen LogP contribution in [0.4, 0.5) is 0 Å². The minimum absolute atomic E-state index is 0.774. The number of rotatable bonds is 1. The van der Waals surface area contributed by atoms with E-state index in [0.29, 0.717) is 0 Å². The highest BCUT2D eigenvalue weighted by Crippen LogP contribution is 2.36. The average molecular weight is 140 g/mol. The van der Waals surface area contributed by atoms with Gasteiger partial charge in [-0.2, -0.15) is 0 Å². The predicted molar refractivity (Wildman–Crippen MR) is 38.2 cm³/mol. The molecule has 1 heterocycles. The summed E-state index contributed by atoms with van der Waals surface area (Å²) in [5.41, 5.74) is 0. The second-order valence-electron chi connectivity index (χ2n) is 3.50.